The smallest absolute Gasteiger partial charge is 0.150 e. The second-order valence-corrected chi connectivity index (χ2v) is 9.22. The SMILES string of the molecule is COC(C(O)C1CCCC(S(C)(=O)=O)C1)C(C)(C)C. The van der Waals surface area contributed by atoms with Gasteiger partial charge in [0.15, 0.2) is 0 Å². The van der Waals surface area contributed by atoms with Gasteiger partial charge in [-0.3, -0.25) is 0 Å². The third-order valence-electron chi connectivity index (χ3n) is 4.17. The van der Waals surface area contributed by atoms with E-state index in [1.54, 1.807) is 7.11 Å². The van der Waals surface area contributed by atoms with Crippen molar-refractivity contribution in [2.24, 2.45) is 11.3 Å². The van der Waals surface area contributed by atoms with Crippen LogP contribution in [0.5, 0.6) is 0 Å². The minimum atomic E-state index is -3.01. The summed E-state index contributed by atoms with van der Waals surface area (Å²) < 4.78 is 28.8. The van der Waals surface area contributed by atoms with Crippen LogP contribution >= 0.6 is 0 Å². The highest BCUT2D eigenvalue weighted by Gasteiger charge is 2.39. The molecule has 4 unspecified atom stereocenters. The fourth-order valence-electron chi connectivity index (χ4n) is 3.13. The van der Waals surface area contributed by atoms with Gasteiger partial charge in [-0.2, -0.15) is 0 Å². The van der Waals surface area contributed by atoms with Crippen molar-refractivity contribution < 1.29 is 18.3 Å². The van der Waals surface area contributed by atoms with Crippen molar-refractivity contribution in [3.63, 3.8) is 0 Å². The van der Waals surface area contributed by atoms with Crippen LogP contribution in [0.25, 0.3) is 0 Å². The third-order valence-corrected chi connectivity index (χ3v) is 5.81. The summed E-state index contributed by atoms with van der Waals surface area (Å²) in [6.07, 6.45) is 3.43. The summed E-state index contributed by atoms with van der Waals surface area (Å²) in [5, 5.41) is 10.2. The molecule has 1 aliphatic rings. The Morgan fingerprint density at radius 1 is 1.26 bits per heavy atom. The Kier molecular flexibility index (Phi) is 5.43. The Bertz CT molecular complexity index is 383. The highest BCUT2D eigenvalue weighted by molar-refractivity contribution is 7.91. The molecule has 0 aromatic rings. The summed E-state index contributed by atoms with van der Waals surface area (Å²) in [4.78, 5) is 0. The van der Waals surface area contributed by atoms with Gasteiger partial charge in [0.25, 0.3) is 0 Å². The summed E-state index contributed by atoms with van der Waals surface area (Å²) in [6, 6.07) is 0. The topological polar surface area (TPSA) is 63.6 Å². The van der Waals surface area contributed by atoms with Crippen LogP contribution < -0.4 is 0 Å². The fraction of sp³-hybridized carbons (Fsp3) is 1.00. The predicted molar refractivity (Wildman–Crippen MR) is 76.8 cm³/mol. The van der Waals surface area contributed by atoms with E-state index in [0.717, 1.165) is 19.3 Å². The van der Waals surface area contributed by atoms with Crippen molar-refractivity contribution in [1.29, 1.82) is 0 Å². The summed E-state index contributed by atoms with van der Waals surface area (Å²) in [5.74, 6) is 0.0117. The van der Waals surface area contributed by atoms with E-state index in [4.69, 9.17) is 4.74 Å². The van der Waals surface area contributed by atoms with Gasteiger partial charge in [0, 0.05) is 13.4 Å². The Labute approximate surface area is 117 Å². The van der Waals surface area contributed by atoms with Crippen LogP contribution in [0.1, 0.15) is 46.5 Å². The minimum absolute atomic E-state index is 0.0117. The Morgan fingerprint density at radius 2 is 1.84 bits per heavy atom. The second-order valence-electron chi connectivity index (χ2n) is 6.89. The summed E-state index contributed by atoms with van der Waals surface area (Å²) in [5.41, 5.74) is -0.161. The molecule has 0 radical (unpaired) electrons. The van der Waals surface area contributed by atoms with Gasteiger partial charge in [0.05, 0.1) is 17.5 Å². The standard InChI is InChI=1S/C14H28O4S/c1-14(2,3)13(18-4)12(15)10-7-6-8-11(9-10)19(5,16)17/h10-13,15H,6-9H2,1-5H3. The molecule has 0 amide bonds. The molecule has 0 aliphatic heterocycles. The molecule has 0 heterocycles. The fourth-order valence-corrected chi connectivity index (χ4v) is 4.32. The van der Waals surface area contributed by atoms with Crippen LogP contribution in [0, 0.1) is 11.3 Å². The molecule has 0 bridgehead atoms. The first kappa shape index (κ1) is 16.9. The molecule has 1 saturated carbocycles. The average molecular weight is 292 g/mol. The first-order chi connectivity index (χ1) is 8.57. The molecule has 114 valence electrons. The predicted octanol–water partition coefficient (Wildman–Crippen LogP) is 2.01. The van der Waals surface area contributed by atoms with Crippen molar-refractivity contribution in [1.82, 2.24) is 0 Å². The highest BCUT2D eigenvalue weighted by atomic mass is 32.2. The van der Waals surface area contributed by atoms with Crippen molar-refractivity contribution in [2.45, 2.75) is 63.9 Å². The molecule has 4 atom stereocenters. The molecule has 0 saturated heterocycles. The van der Waals surface area contributed by atoms with Gasteiger partial charge in [-0.05, 0) is 30.6 Å². The summed E-state index contributed by atoms with van der Waals surface area (Å²) >= 11 is 0. The highest BCUT2D eigenvalue weighted by Crippen LogP contribution is 2.36. The van der Waals surface area contributed by atoms with E-state index in [2.05, 4.69) is 0 Å². The number of sulfone groups is 1. The van der Waals surface area contributed by atoms with E-state index >= 15 is 0 Å². The van der Waals surface area contributed by atoms with E-state index in [1.807, 2.05) is 20.8 Å². The van der Waals surface area contributed by atoms with Gasteiger partial charge in [0.2, 0.25) is 0 Å². The largest absolute Gasteiger partial charge is 0.390 e. The number of hydrogen-bond acceptors (Lipinski definition) is 4. The van der Waals surface area contributed by atoms with Crippen LogP contribution in [0.2, 0.25) is 0 Å². The van der Waals surface area contributed by atoms with Gasteiger partial charge in [-0.25, -0.2) is 8.42 Å². The van der Waals surface area contributed by atoms with E-state index in [1.165, 1.54) is 6.26 Å². The maximum atomic E-state index is 11.7. The maximum absolute atomic E-state index is 11.7. The molecule has 4 nitrogen and oxygen atoms in total. The minimum Gasteiger partial charge on any atom is -0.390 e. The van der Waals surface area contributed by atoms with Crippen molar-refractivity contribution in [2.75, 3.05) is 13.4 Å². The molecule has 1 N–H and O–H groups in total. The lowest BCUT2D eigenvalue weighted by Gasteiger charge is -2.39. The van der Waals surface area contributed by atoms with Gasteiger partial charge in [-0.1, -0.05) is 27.2 Å². The van der Waals surface area contributed by atoms with Crippen molar-refractivity contribution in [3.8, 4) is 0 Å². The van der Waals surface area contributed by atoms with Gasteiger partial charge in [0.1, 0.15) is 9.84 Å². The first-order valence-electron chi connectivity index (χ1n) is 6.97. The van der Waals surface area contributed by atoms with Crippen LogP contribution in [0.3, 0.4) is 0 Å². The Hall–Kier alpha value is -0.130. The molecule has 1 rings (SSSR count). The van der Waals surface area contributed by atoms with Gasteiger partial charge >= 0.3 is 0 Å². The monoisotopic (exact) mass is 292 g/mol. The molecule has 5 heteroatoms. The van der Waals surface area contributed by atoms with Gasteiger partial charge < -0.3 is 9.84 Å². The maximum Gasteiger partial charge on any atom is 0.150 e. The zero-order valence-corrected chi connectivity index (χ0v) is 13.5. The normalized spacial score (nSPS) is 28.9. The number of aliphatic hydroxyl groups excluding tert-OH is 1. The molecule has 0 aromatic carbocycles. The van der Waals surface area contributed by atoms with Crippen LogP contribution in [0.4, 0.5) is 0 Å². The summed E-state index contributed by atoms with van der Waals surface area (Å²) in [6.45, 7) is 6.09. The van der Waals surface area contributed by atoms with Crippen LogP contribution in [-0.4, -0.2) is 44.3 Å². The van der Waals surface area contributed by atoms with E-state index in [-0.39, 0.29) is 22.7 Å². The number of aliphatic hydroxyl groups is 1. The quantitative estimate of drug-likeness (QED) is 0.861. The summed E-state index contributed by atoms with van der Waals surface area (Å²) in [7, 11) is -1.40. The zero-order valence-electron chi connectivity index (χ0n) is 12.7. The molecule has 19 heavy (non-hydrogen) atoms. The molecule has 1 fully saturated rings. The Morgan fingerprint density at radius 3 is 2.26 bits per heavy atom. The number of rotatable bonds is 4. The first-order valence-corrected chi connectivity index (χ1v) is 8.92. The van der Waals surface area contributed by atoms with Crippen LogP contribution in [-0.2, 0) is 14.6 Å². The number of ether oxygens (including phenoxy) is 1. The Balaban J connectivity index is 2.79. The van der Waals surface area contributed by atoms with E-state index < -0.39 is 15.9 Å². The van der Waals surface area contributed by atoms with E-state index in [0.29, 0.717) is 6.42 Å². The second kappa shape index (κ2) is 6.10. The van der Waals surface area contributed by atoms with E-state index in [9.17, 15) is 13.5 Å². The van der Waals surface area contributed by atoms with Crippen molar-refractivity contribution >= 4 is 9.84 Å². The number of methoxy groups -OCH3 is 1. The zero-order chi connectivity index (χ0) is 14.8. The van der Waals surface area contributed by atoms with Gasteiger partial charge in [-0.15, -0.1) is 0 Å². The molecular weight excluding hydrogens is 264 g/mol. The lowest BCUT2D eigenvalue weighted by atomic mass is 9.76. The molecular formula is C14H28O4S. The lowest BCUT2D eigenvalue weighted by Crippen LogP contribution is -2.45. The average Bonchev–Trinajstić information content (AvgIpc) is 2.27. The number of hydrogen-bond donors (Lipinski definition) is 1. The lowest BCUT2D eigenvalue weighted by molar-refractivity contribution is -0.0977. The molecule has 0 aromatic heterocycles. The molecule has 1 aliphatic carbocycles. The third kappa shape index (κ3) is 4.43. The van der Waals surface area contributed by atoms with Crippen LogP contribution in [0.15, 0.2) is 0 Å². The van der Waals surface area contributed by atoms with Crippen molar-refractivity contribution in [3.05, 3.63) is 0 Å². The molecule has 0 spiro atoms.